The molecule has 0 aliphatic rings. The first-order valence-electron chi connectivity index (χ1n) is 5.27. The van der Waals surface area contributed by atoms with Gasteiger partial charge in [-0.05, 0) is 12.8 Å². The van der Waals surface area contributed by atoms with Crippen LogP contribution in [0.4, 0.5) is 5.82 Å². The molecule has 86 valence electrons. The number of aromatic nitrogens is 2. The molecule has 0 atom stereocenters. The van der Waals surface area contributed by atoms with Crippen LogP contribution in [0.15, 0.2) is 16.8 Å². The fraction of sp³-hybridized carbons (Fsp3) is 0.455. The summed E-state index contributed by atoms with van der Waals surface area (Å²) in [5.74, 6) is 2.11. The third-order valence-electron chi connectivity index (χ3n) is 2.19. The summed E-state index contributed by atoms with van der Waals surface area (Å²) < 4.78 is 4.97. The molecule has 2 aromatic heterocycles. The van der Waals surface area contributed by atoms with Crippen LogP contribution in [0.25, 0.3) is 0 Å². The molecule has 1 N–H and O–H groups in total. The zero-order valence-electron chi connectivity index (χ0n) is 9.65. The topological polar surface area (TPSA) is 51.0 Å². The molecular formula is C11H15N3OS. The van der Waals surface area contributed by atoms with Crippen LogP contribution in [-0.2, 0) is 6.54 Å². The molecule has 0 unspecified atom stereocenters. The number of aryl methyl sites for hydroxylation is 1. The van der Waals surface area contributed by atoms with Gasteiger partial charge in [-0.25, -0.2) is 4.98 Å². The standard InChI is InChI=1S/C11H15N3OS/c1-7(2)9-5-13-11(16-9)6-12-10-4-8(3)15-14-10/h4-5,7H,6H2,1-3H3,(H,12,14). The first-order chi connectivity index (χ1) is 7.65. The van der Waals surface area contributed by atoms with Gasteiger partial charge in [-0.2, -0.15) is 0 Å². The molecule has 0 aliphatic heterocycles. The minimum Gasteiger partial charge on any atom is -0.361 e. The lowest BCUT2D eigenvalue weighted by molar-refractivity contribution is 0.399. The molecule has 0 fully saturated rings. The fourth-order valence-corrected chi connectivity index (χ4v) is 2.15. The van der Waals surface area contributed by atoms with Gasteiger partial charge in [-0.1, -0.05) is 19.0 Å². The van der Waals surface area contributed by atoms with E-state index in [1.807, 2.05) is 19.2 Å². The normalized spacial score (nSPS) is 11.0. The van der Waals surface area contributed by atoms with Crippen LogP contribution < -0.4 is 5.32 Å². The number of nitrogens with zero attached hydrogens (tertiary/aromatic N) is 2. The first-order valence-corrected chi connectivity index (χ1v) is 6.08. The Labute approximate surface area is 98.7 Å². The largest absolute Gasteiger partial charge is 0.361 e. The minimum absolute atomic E-state index is 0.542. The molecule has 4 nitrogen and oxygen atoms in total. The van der Waals surface area contributed by atoms with Crippen molar-refractivity contribution in [3.8, 4) is 0 Å². The van der Waals surface area contributed by atoms with Crippen molar-refractivity contribution in [3.05, 3.63) is 27.9 Å². The molecule has 0 saturated heterocycles. The SMILES string of the molecule is Cc1cc(NCc2ncc(C(C)C)s2)no1. The van der Waals surface area contributed by atoms with Gasteiger partial charge in [0.15, 0.2) is 5.82 Å². The lowest BCUT2D eigenvalue weighted by Crippen LogP contribution is -1.98. The summed E-state index contributed by atoms with van der Waals surface area (Å²) in [6, 6.07) is 1.87. The minimum atomic E-state index is 0.542. The summed E-state index contributed by atoms with van der Waals surface area (Å²) >= 11 is 1.74. The van der Waals surface area contributed by atoms with Crippen LogP contribution in [0.1, 0.15) is 35.4 Å². The molecule has 0 spiro atoms. The van der Waals surface area contributed by atoms with Crippen molar-refractivity contribution in [1.82, 2.24) is 10.1 Å². The van der Waals surface area contributed by atoms with Crippen LogP contribution in [0, 0.1) is 6.92 Å². The predicted octanol–water partition coefficient (Wildman–Crippen LogP) is 3.18. The van der Waals surface area contributed by atoms with Crippen molar-refractivity contribution in [2.45, 2.75) is 33.2 Å². The van der Waals surface area contributed by atoms with E-state index in [1.165, 1.54) is 4.88 Å². The van der Waals surface area contributed by atoms with E-state index in [0.29, 0.717) is 12.5 Å². The predicted molar refractivity (Wildman–Crippen MR) is 64.8 cm³/mol. The molecule has 16 heavy (non-hydrogen) atoms. The Morgan fingerprint density at radius 1 is 1.50 bits per heavy atom. The second-order valence-corrected chi connectivity index (χ2v) is 5.13. The number of hydrogen-bond acceptors (Lipinski definition) is 5. The van der Waals surface area contributed by atoms with E-state index < -0.39 is 0 Å². The zero-order valence-corrected chi connectivity index (χ0v) is 10.5. The maximum Gasteiger partial charge on any atom is 0.169 e. The molecule has 0 radical (unpaired) electrons. The highest BCUT2D eigenvalue weighted by atomic mass is 32.1. The monoisotopic (exact) mass is 237 g/mol. The zero-order chi connectivity index (χ0) is 11.5. The Balaban J connectivity index is 1.94. The fourth-order valence-electron chi connectivity index (χ4n) is 1.29. The van der Waals surface area contributed by atoms with Gasteiger partial charge in [0.1, 0.15) is 10.8 Å². The van der Waals surface area contributed by atoms with Gasteiger partial charge >= 0.3 is 0 Å². The average Bonchev–Trinajstić information content (AvgIpc) is 2.83. The van der Waals surface area contributed by atoms with E-state index >= 15 is 0 Å². The smallest absolute Gasteiger partial charge is 0.169 e. The first kappa shape index (κ1) is 11.1. The molecule has 5 heteroatoms. The van der Waals surface area contributed by atoms with Crippen molar-refractivity contribution in [1.29, 1.82) is 0 Å². The molecule has 2 heterocycles. The van der Waals surface area contributed by atoms with Gasteiger partial charge in [0.2, 0.25) is 0 Å². The second kappa shape index (κ2) is 4.65. The Morgan fingerprint density at radius 2 is 2.31 bits per heavy atom. The number of anilines is 1. The van der Waals surface area contributed by atoms with Crippen LogP contribution >= 0.6 is 11.3 Å². The maximum absolute atomic E-state index is 4.97. The van der Waals surface area contributed by atoms with Gasteiger partial charge in [-0.3, -0.25) is 0 Å². The number of rotatable bonds is 4. The number of hydrogen-bond donors (Lipinski definition) is 1. The molecule has 0 amide bonds. The Kier molecular flexibility index (Phi) is 3.24. The highest BCUT2D eigenvalue weighted by Crippen LogP contribution is 2.22. The van der Waals surface area contributed by atoms with Gasteiger partial charge in [0, 0.05) is 17.1 Å². The van der Waals surface area contributed by atoms with Crippen molar-refractivity contribution in [2.24, 2.45) is 0 Å². The van der Waals surface area contributed by atoms with Crippen LogP contribution in [0.3, 0.4) is 0 Å². The van der Waals surface area contributed by atoms with Gasteiger partial charge < -0.3 is 9.84 Å². The summed E-state index contributed by atoms with van der Waals surface area (Å²) in [4.78, 5) is 5.67. The van der Waals surface area contributed by atoms with E-state index in [0.717, 1.165) is 16.6 Å². The van der Waals surface area contributed by atoms with E-state index in [2.05, 4.69) is 29.3 Å². The molecule has 0 bridgehead atoms. The molecule has 0 aromatic carbocycles. The second-order valence-electron chi connectivity index (χ2n) is 3.99. The average molecular weight is 237 g/mol. The lowest BCUT2D eigenvalue weighted by Gasteiger charge is -1.98. The Morgan fingerprint density at radius 3 is 2.88 bits per heavy atom. The molecular weight excluding hydrogens is 222 g/mol. The molecule has 0 saturated carbocycles. The van der Waals surface area contributed by atoms with E-state index in [-0.39, 0.29) is 0 Å². The number of nitrogens with one attached hydrogen (secondary N) is 1. The Hall–Kier alpha value is -1.36. The number of thiazole rings is 1. The molecule has 2 rings (SSSR count). The van der Waals surface area contributed by atoms with E-state index in [9.17, 15) is 0 Å². The maximum atomic E-state index is 4.97. The third-order valence-corrected chi connectivity index (χ3v) is 3.49. The van der Waals surface area contributed by atoms with Crippen molar-refractivity contribution in [2.75, 3.05) is 5.32 Å². The Bertz CT molecular complexity index is 461. The van der Waals surface area contributed by atoms with Crippen LogP contribution in [0.2, 0.25) is 0 Å². The highest BCUT2D eigenvalue weighted by Gasteiger charge is 2.06. The highest BCUT2D eigenvalue weighted by molar-refractivity contribution is 7.11. The van der Waals surface area contributed by atoms with Crippen molar-refractivity contribution in [3.63, 3.8) is 0 Å². The summed E-state index contributed by atoms with van der Waals surface area (Å²) in [5.41, 5.74) is 0. The summed E-state index contributed by atoms with van der Waals surface area (Å²) in [5, 5.41) is 8.11. The lowest BCUT2D eigenvalue weighted by atomic mass is 10.2. The van der Waals surface area contributed by atoms with Crippen LogP contribution in [-0.4, -0.2) is 10.1 Å². The van der Waals surface area contributed by atoms with Gasteiger partial charge in [0.25, 0.3) is 0 Å². The molecule has 2 aromatic rings. The van der Waals surface area contributed by atoms with E-state index in [4.69, 9.17) is 4.52 Å². The van der Waals surface area contributed by atoms with Crippen LogP contribution in [0.5, 0.6) is 0 Å². The van der Waals surface area contributed by atoms with Gasteiger partial charge in [0.05, 0.1) is 6.54 Å². The quantitative estimate of drug-likeness (QED) is 0.887. The van der Waals surface area contributed by atoms with Gasteiger partial charge in [-0.15, -0.1) is 11.3 Å². The molecule has 0 aliphatic carbocycles. The van der Waals surface area contributed by atoms with Crippen molar-refractivity contribution >= 4 is 17.2 Å². The van der Waals surface area contributed by atoms with Crippen molar-refractivity contribution < 1.29 is 4.52 Å². The summed E-state index contributed by atoms with van der Waals surface area (Å²) in [7, 11) is 0. The summed E-state index contributed by atoms with van der Waals surface area (Å²) in [6.45, 7) is 6.92. The summed E-state index contributed by atoms with van der Waals surface area (Å²) in [6.07, 6.45) is 1.94. The van der Waals surface area contributed by atoms with E-state index in [1.54, 1.807) is 11.3 Å². The third kappa shape index (κ3) is 2.61.